The standard InChI is InChI=1S/C15H20/c1-2-3-4-5-6-7-9-12-15-13-10-8-11-14-15/h8,10-11,13-14H,2-4,7,9,12H2,1H3. The lowest BCUT2D eigenvalue weighted by atomic mass is 10.1. The topological polar surface area (TPSA) is 0 Å². The lowest BCUT2D eigenvalue weighted by molar-refractivity contribution is 0.823. The van der Waals surface area contributed by atoms with Gasteiger partial charge in [-0.1, -0.05) is 43.7 Å². The van der Waals surface area contributed by atoms with Gasteiger partial charge in [0.15, 0.2) is 0 Å². The maximum Gasteiger partial charge on any atom is 0.00918 e. The maximum absolute atomic E-state index is 3.24. The Balaban J connectivity index is 2.08. The van der Waals surface area contributed by atoms with Gasteiger partial charge in [0.1, 0.15) is 0 Å². The normalized spacial score (nSPS) is 9.40. The van der Waals surface area contributed by atoms with E-state index in [0.717, 1.165) is 19.3 Å². The summed E-state index contributed by atoms with van der Waals surface area (Å²) in [7, 11) is 0. The number of hydrogen-bond acceptors (Lipinski definition) is 0. The van der Waals surface area contributed by atoms with E-state index >= 15 is 0 Å². The molecule has 0 heteroatoms. The molecule has 0 saturated heterocycles. The van der Waals surface area contributed by atoms with E-state index in [9.17, 15) is 0 Å². The lowest BCUT2D eigenvalue weighted by Gasteiger charge is -1.96. The third kappa shape index (κ3) is 5.96. The van der Waals surface area contributed by atoms with Gasteiger partial charge in [-0.15, -0.1) is 11.8 Å². The Hall–Kier alpha value is -1.22. The van der Waals surface area contributed by atoms with Gasteiger partial charge in [0.25, 0.3) is 0 Å². The first-order chi connectivity index (χ1) is 7.43. The summed E-state index contributed by atoms with van der Waals surface area (Å²) in [5.41, 5.74) is 1.42. The van der Waals surface area contributed by atoms with Crippen molar-refractivity contribution in [2.75, 3.05) is 0 Å². The zero-order valence-corrected chi connectivity index (χ0v) is 9.63. The molecule has 1 rings (SSSR count). The van der Waals surface area contributed by atoms with Gasteiger partial charge in [0.05, 0.1) is 0 Å². The van der Waals surface area contributed by atoms with Crippen molar-refractivity contribution in [1.82, 2.24) is 0 Å². The Morgan fingerprint density at radius 3 is 2.27 bits per heavy atom. The van der Waals surface area contributed by atoms with Gasteiger partial charge in [-0.05, 0) is 24.8 Å². The minimum atomic E-state index is 1.04. The van der Waals surface area contributed by atoms with E-state index in [-0.39, 0.29) is 0 Å². The molecule has 0 unspecified atom stereocenters. The molecule has 1 aromatic rings. The summed E-state index contributed by atoms with van der Waals surface area (Å²) < 4.78 is 0. The molecule has 0 nitrogen and oxygen atoms in total. The quantitative estimate of drug-likeness (QED) is 0.493. The first kappa shape index (κ1) is 11.9. The summed E-state index contributed by atoms with van der Waals surface area (Å²) in [5, 5.41) is 0. The van der Waals surface area contributed by atoms with Crippen molar-refractivity contribution in [3.63, 3.8) is 0 Å². The Kier molecular flexibility index (Phi) is 6.41. The molecule has 0 saturated carbocycles. The molecule has 0 aromatic heterocycles. The van der Waals surface area contributed by atoms with Gasteiger partial charge in [-0.25, -0.2) is 0 Å². The summed E-state index contributed by atoms with van der Waals surface area (Å²) in [6.45, 7) is 2.21. The van der Waals surface area contributed by atoms with E-state index < -0.39 is 0 Å². The van der Waals surface area contributed by atoms with Crippen LogP contribution < -0.4 is 0 Å². The Morgan fingerprint density at radius 2 is 1.60 bits per heavy atom. The van der Waals surface area contributed by atoms with Crippen LogP contribution in [0.5, 0.6) is 0 Å². The summed E-state index contributed by atoms with van der Waals surface area (Å²) in [4.78, 5) is 0. The molecule has 1 aromatic carbocycles. The van der Waals surface area contributed by atoms with Crippen LogP contribution in [0.1, 0.15) is 44.6 Å². The van der Waals surface area contributed by atoms with Crippen molar-refractivity contribution < 1.29 is 0 Å². The predicted molar refractivity (Wildman–Crippen MR) is 66.7 cm³/mol. The number of rotatable bonds is 5. The van der Waals surface area contributed by atoms with E-state index in [2.05, 4.69) is 49.1 Å². The summed E-state index contributed by atoms with van der Waals surface area (Å²) >= 11 is 0. The molecule has 0 atom stereocenters. The van der Waals surface area contributed by atoms with Crippen LogP contribution in [-0.4, -0.2) is 0 Å². The predicted octanol–water partition coefficient (Wildman–Crippen LogP) is 4.20. The smallest absolute Gasteiger partial charge is 0.00918 e. The van der Waals surface area contributed by atoms with Gasteiger partial charge in [0.2, 0.25) is 0 Å². The lowest BCUT2D eigenvalue weighted by Crippen LogP contribution is -1.83. The monoisotopic (exact) mass is 200 g/mol. The molecule has 0 aliphatic carbocycles. The molecule has 0 fully saturated rings. The molecule has 0 bridgehead atoms. The number of aryl methyl sites for hydroxylation is 1. The number of benzene rings is 1. The van der Waals surface area contributed by atoms with Crippen LogP contribution in [0.4, 0.5) is 0 Å². The second-order valence-electron chi connectivity index (χ2n) is 3.80. The molecule has 0 aliphatic heterocycles. The highest BCUT2D eigenvalue weighted by molar-refractivity contribution is 5.14. The average molecular weight is 200 g/mol. The highest BCUT2D eigenvalue weighted by atomic mass is 13.9. The fourth-order valence-corrected chi connectivity index (χ4v) is 1.47. The molecule has 0 heterocycles. The molecular formula is C15H20. The largest absolute Gasteiger partial charge is 0.103 e. The fraction of sp³-hybridized carbons (Fsp3) is 0.467. The molecule has 0 spiro atoms. The maximum atomic E-state index is 3.24. The van der Waals surface area contributed by atoms with E-state index in [1.54, 1.807) is 0 Å². The second kappa shape index (κ2) is 8.12. The third-order valence-electron chi connectivity index (χ3n) is 2.39. The van der Waals surface area contributed by atoms with Crippen molar-refractivity contribution >= 4 is 0 Å². The highest BCUT2D eigenvalue weighted by Crippen LogP contribution is 2.03. The Labute approximate surface area is 93.7 Å². The first-order valence-corrected chi connectivity index (χ1v) is 5.93. The van der Waals surface area contributed by atoms with Gasteiger partial charge >= 0.3 is 0 Å². The summed E-state index contributed by atoms with van der Waals surface area (Å²) in [5.74, 6) is 6.46. The summed E-state index contributed by atoms with van der Waals surface area (Å²) in [6, 6.07) is 10.6. The van der Waals surface area contributed by atoms with Crippen LogP contribution in [0.15, 0.2) is 30.3 Å². The molecule has 0 amide bonds. The third-order valence-corrected chi connectivity index (χ3v) is 2.39. The highest BCUT2D eigenvalue weighted by Gasteiger charge is 1.89. The Morgan fingerprint density at radius 1 is 0.933 bits per heavy atom. The van der Waals surface area contributed by atoms with Gasteiger partial charge in [0, 0.05) is 12.8 Å². The van der Waals surface area contributed by atoms with Gasteiger partial charge in [-0.2, -0.15) is 0 Å². The average Bonchev–Trinajstić information content (AvgIpc) is 2.29. The minimum absolute atomic E-state index is 1.04. The zero-order chi connectivity index (χ0) is 10.8. The van der Waals surface area contributed by atoms with Crippen molar-refractivity contribution in [2.45, 2.75) is 45.4 Å². The van der Waals surface area contributed by atoms with E-state index in [0.29, 0.717) is 0 Å². The number of hydrogen-bond donors (Lipinski definition) is 0. The van der Waals surface area contributed by atoms with E-state index in [1.807, 2.05) is 0 Å². The number of unbranched alkanes of at least 4 members (excludes halogenated alkanes) is 3. The molecule has 80 valence electrons. The molecule has 15 heavy (non-hydrogen) atoms. The van der Waals surface area contributed by atoms with Crippen molar-refractivity contribution in [1.29, 1.82) is 0 Å². The molecular weight excluding hydrogens is 180 g/mol. The van der Waals surface area contributed by atoms with Crippen molar-refractivity contribution in [3.8, 4) is 11.8 Å². The van der Waals surface area contributed by atoms with E-state index in [4.69, 9.17) is 0 Å². The van der Waals surface area contributed by atoms with Crippen LogP contribution in [0.3, 0.4) is 0 Å². The van der Waals surface area contributed by atoms with Crippen LogP contribution in [0.2, 0.25) is 0 Å². The van der Waals surface area contributed by atoms with Gasteiger partial charge < -0.3 is 0 Å². The molecule has 0 N–H and O–H groups in total. The summed E-state index contributed by atoms with van der Waals surface area (Å²) in [6.07, 6.45) is 6.94. The fourth-order valence-electron chi connectivity index (χ4n) is 1.47. The van der Waals surface area contributed by atoms with Crippen molar-refractivity contribution in [3.05, 3.63) is 35.9 Å². The van der Waals surface area contributed by atoms with Gasteiger partial charge in [-0.3, -0.25) is 0 Å². The minimum Gasteiger partial charge on any atom is -0.103 e. The molecule has 0 aliphatic rings. The zero-order valence-electron chi connectivity index (χ0n) is 9.63. The second-order valence-corrected chi connectivity index (χ2v) is 3.80. The van der Waals surface area contributed by atoms with Crippen LogP contribution in [-0.2, 0) is 6.42 Å². The SMILES string of the molecule is CCCCC#CCCCc1ccccc1. The van der Waals surface area contributed by atoms with Crippen LogP contribution in [0.25, 0.3) is 0 Å². The van der Waals surface area contributed by atoms with E-state index in [1.165, 1.54) is 24.8 Å². The molecule has 0 radical (unpaired) electrons. The first-order valence-electron chi connectivity index (χ1n) is 5.93. The van der Waals surface area contributed by atoms with Crippen molar-refractivity contribution in [2.24, 2.45) is 0 Å². The Bertz CT molecular complexity index is 300. The van der Waals surface area contributed by atoms with Crippen LogP contribution >= 0.6 is 0 Å². The van der Waals surface area contributed by atoms with Crippen LogP contribution in [0, 0.1) is 11.8 Å².